The summed E-state index contributed by atoms with van der Waals surface area (Å²) in [5.41, 5.74) is 2.39. The van der Waals surface area contributed by atoms with E-state index < -0.39 is 0 Å². The first-order valence-electron chi connectivity index (χ1n) is 8.28. The Hall–Kier alpha value is -2.37. The zero-order valence-electron chi connectivity index (χ0n) is 14.6. The number of hydrogen-bond donors (Lipinski definition) is 0. The Balaban J connectivity index is 1.84. The van der Waals surface area contributed by atoms with E-state index in [2.05, 4.69) is 0 Å². The number of carbonyl (C=O) groups excluding carboxylic acids is 1. The maximum atomic E-state index is 12.6. The van der Waals surface area contributed by atoms with E-state index in [1.165, 1.54) is 0 Å². The Morgan fingerprint density at radius 2 is 1.85 bits per heavy atom. The molecule has 0 unspecified atom stereocenters. The van der Waals surface area contributed by atoms with Gasteiger partial charge in [0.25, 0.3) is 5.91 Å². The molecule has 4 nitrogen and oxygen atoms in total. The highest BCUT2D eigenvalue weighted by molar-refractivity contribution is 7.80. The summed E-state index contributed by atoms with van der Waals surface area (Å²) in [6.45, 7) is 2.87. The molecule has 2 aromatic rings. The summed E-state index contributed by atoms with van der Waals surface area (Å²) >= 11 is 11.3. The lowest BCUT2D eigenvalue weighted by Gasteiger charge is -2.14. The van der Waals surface area contributed by atoms with Crippen LogP contribution in [0.15, 0.2) is 54.2 Å². The molecule has 134 valence electrons. The number of halogens is 1. The van der Waals surface area contributed by atoms with Crippen molar-refractivity contribution in [2.75, 3.05) is 13.6 Å². The molecule has 1 heterocycles. The summed E-state index contributed by atoms with van der Waals surface area (Å²) in [4.78, 5) is 15.9. The van der Waals surface area contributed by atoms with Gasteiger partial charge in [-0.05, 0) is 49.0 Å². The fourth-order valence-corrected chi connectivity index (χ4v) is 3.15. The Kier molecular flexibility index (Phi) is 5.59. The van der Waals surface area contributed by atoms with Crippen molar-refractivity contribution in [2.45, 2.75) is 13.5 Å². The van der Waals surface area contributed by atoms with Crippen molar-refractivity contribution < 1.29 is 9.53 Å². The zero-order chi connectivity index (χ0) is 18.7. The van der Waals surface area contributed by atoms with E-state index in [1.54, 1.807) is 16.8 Å². The minimum Gasteiger partial charge on any atom is -0.488 e. The highest BCUT2D eigenvalue weighted by Crippen LogP contribution is 2.27. The van der Waals surface area contributed by atoms with Crippen molar-refractivity contribution >= 4 is 40.9 Å². The molecule has 1 amide bonds. The Labute approximate surface area is 163 Å². The minimum absolute atomic E-state index is 0.0903. The molecule has 0 aromatic heterocycles. The average Bonchev–Trinajstić information content (AvgIpc) is 2.85. The van der Waals surface area contributed by atoms with Crippen LogP contribution in [-0.4, -0.2) is 34.4 Å². The number of benzene rings is 2. The van der Waals surface area contributed by atoms with Gasteiger partial charge in [0.15, 0.2) is 5.11 Å². The number of nitrogens with zero attached hydrogens (tertiary/aromatic N) is 2. The lowest BCUT2D eigenvalue weighted by atomic mass is 10.1. The van der Waals surface area contributed by atoms with E-state index in [9.17, 15) is 4.79 Å². The predicted octanol–water partition coefficient (Wildman–Crippen LogP) is 4.34. The van der Waals surface area contributed by atoms with E-state index in [0.717, 1.165) is 11.1 Å². The third-order valence-electron chi connectivity index (χ3n) is 4.18. The SMILES string of the molecule is CCN1C(=O)/C(=C/c2ccccc2OCc2ccc(Cl)cc2)N(C)C1=S. The van der Waals surface area contributed by atoms with Crippen LogP contribution in [0.25, 0.3) is 6.08 Å². The number of rotatable bonds is 5. The van der Waals surface area contributed by atoms with E-state index in [4.69, 9.17) is 28.6 Å². The van der Waals surface area contributed by atoms with Crippen LogP contribution in [0, 0.1) is 0 Å². The van der Waals surface area contributed by atoms with Crippen LogP contribution in [0.1, 0.15) is 18.1 Å². The lowest BCUT2D eigenvalue weighted by Crippen LogP contribution is -2.30. The Morgan fingerprint density at radius 1 is 1.15 bits per heavy atom. The summed E-state index contributed by atoms with van der Waals surface area (Å²) in [5, 5.41) is 1.21. The number of para-hydroxylation sites is 1. The number of likely N-dealkylation sites (N-methyl/N-ethyl adjacent to an activating group) is 2. The molecular formula is C20H19ClN2O2S. The molecule has 26 heavy (non-hydrogen) atoms. The van der Waals surface area contributed by atoms with Gasteiger partial charge in [0.05, 0.1) is 0 Å². The molecule has 0 bridgehead atoms. The van der Waals surface area contributed by atoms with E-state index >= 15 is 0 Å². The smallest absolute Gasteiger partial charge is 0.276 e. The van der Waals surface area contributed by atoms with Gasteiger partial charge in [-0.3, -0.25) is 9.69 Å². The van der Waals surface area contributed by atoms with Crippen LogP contribution in [0.4, 0.5) is 0 Å². The van der Waals surface area contributed by atoms with Crippen molar-refractivity contribution in [3.8, 4) is 5.75 Å². The van der Waals surface area contributed by atoms with Gasteiger partial charge in [0, 0.05) is 24.2 Å². The second-order valence-corrected chi connectivity index (χ2v) is 6.68. The molecule has 0 atom stereocenters. The number of amides is 1. The largest absolute Gasteiger partial charge is 0.488 e. The predicted molar refractivity (Wildman–Crippen MR) is 108 cm³/mol. The second kappa shape index (κ2) is 7.89. The minimum atomic E-state index is -0.0903. The van der Waals surface area contributed by atoms with Crippen molar-refractivity contribution in [2.24, 2.45) is 0 Å². The van der Waals surface area contributed by atoms with Crippen molar-refractivity contribution in [3.05, 3.63) is 70.4 Å². The van der Waals surface area contributed by atoms with Gasteiger partial charge in [-0.25, -0.2) is 0 Å². The number of carbonyl (C=O) groups is 1. The quantitative estimate of drug-likeness (QED) is 0.565. The molecule has 1 fully saturated rings. The van der Waals surface area contributed by atoms with Crippen LogP contribution in [0.5, 0.6) is 5.75 Å². The first-order chi connectivity index (χ1) is 12.5. The molecule has 0 spiro atoms. The summed E-state index contributed by atoms with van der Waals surface area (Å²) in [6.07, 6.45) is 1.82. The summed E-state index contributed by atoms with van der Waals surface area (Å²) in [7, 11) is 1.80. The van der Waals surface area contributed by atoms with Crippen LogP contribution in [0.2, 0.25) is 5.02 Å². The third-order valence-corrected chi connectivity index (χ3v) is 4.92. The van der Waals surface area contributed by atoms with Crippen LogP contribution < -0.4 is 4.74 Å². The standard InChI is InChI=1S/C20H19ClN2O2S/c1-3-23-19(24)17(22(2)20(23)26)12-15-6-4-5-7-18(15)25-13-14-8-10-16(21)11-9-14/h4-12H,3,13H2,1-2H3/b17-12-. The molecule has 3 rings (SSSR count). The fourth-order valence-electron chi connectivity index (χ4n) is 2.71. The van der Waals surface area contributed by atoms with Crippen LogP contribution in [0.3, 0.4) is 0 Å². The summed E-state index contributed by atoms with van der Waals surface area (Å²) in [6, 6.07) is 15.1. The maximum Gasteiger partial charge on any atom is 0.276 e. The second-order valence-electron chi connectivity index (χ2n) is 5.87. The number of hydrogen-bond acceptors (Lipinski definition) is 3. The van der Waals surface area contributed by atoms with Gasteiger partial charge in [-0.2, -0.15) is 0 Å². The fraction of sp³-hybridized carbons (Fsp3) is 0.200. The van der Waals surface area contributed by atoms with Crippen LogP contribution in [-0.2, 0) is 11.4 Å². The molecule has 1 saturated heterocycles. The molecule has 2 aromatic carbocycles. The normalized spacial score (nSPS) is 15.9. The molecule has 0 radical (unpaired) electrons. The third kappa shape index (κ3) is 3.74. The monoisotopic (exact) mass is 386 g/mol. The highest BCUT2D eigenvalue weighted by atomic mass is 35.5. The first-order valence-corrected chi connectivity index (χ1v) is 9.07. The van der Waals surface area contributed by atoms with E-state index in [1.807, 2.05) is 61.5 Å². The van der Waals surface area contributed by atoms with E-state index in [0.29, 0.717) is 34.7 Å². The van der Waals surface area contributed by atoms with Gasteiger partial charge >= 0.3 is 0 Å². The number of ether oxygens (including phenoxy) is 1. The van der Waals surface area contributed by atoms with Gasteiger partial charge in [0.1, 0.15) is 18.1 Å². The van der Waals surface area contributed by atoms with Gasteiger partial charge in [-0.15, -0.1) is 0 Å². The highest BCUT2D eigenvalue weighted by Gasteiger charge is 2.34. The number of thiocarbonyl (C=S) groups is 1. The molecule has 0 aliphatic carbocycles. The molecule has 6 heteroatoms. The summed E-state index contributed by atoms with van der Waals surface area (Å²) in [5.74, 6) is 0.615. The molecule has 1 aliphatic heterocycles. The topological polar surface area (TPSA) is 32.8 Å². The molecule has 1 aliphatic rings. The maximum absolute atomic E-state index is 12.6. The lowest BCUT2D eigenvalue weighted by molar-refractivity contribution is -0.122. The zero-order valence-corrected chi connectivity index (χ0v) is 16.2. The Bertz CT molecular complexity index is 864. The first kappa shape index (κ1) is 18.4. The Morgan fingerprint density at radius 3 is 2.50 bits per heavy atom. The summed E-state index contributed by atoms with van der Waals surface area (Å²) < 4.78 is 5.96. The van der Waals surface area contributed by atoms with Gasteiger partial charge in [0.2, 0.25) is 0 Å². The van der Waals surface area contributed by atoms with Gasteiger partial charge in [-0.1, -0.05) is 41.9 Å². The van der Waals surface area contributed by atoms with Gasteiger partial charge < -0.3 is 9.64 Å². The molecule has 0 N–H and O–H groups in total. The van der Waals surface area contributed by atoms with Crippen molar-refractivity contribution in [1.82, 2.24) is 9.80 Å². The van der Waals surface area contributed by atoms with E-state index in [-0.39, 0.29) is 5.91 Å². The van der Waals surface area contributed by atoms with Crippen molar-refractivity contribution in [3.63, 3.8) is 0 Å². The van der Waals surface area contributed by atoms with Crippen molar-refractivity contribution in [1.29, 1.82) is 0 Å². The average molecular weight is 387 g/mol. The van der Waals surface area contributed by atoms with Crippen LogP contribution >= 0.6 is 23.8 Å². The molecular weight excluding hydrogens is 368 g/mol. The molecule has 0 saturated carbocycles.